The number of carbonyl (C=O) groups excluding carboxylic acids is 1. The SMILES string of the molecule is Cc1cncc(C2CCCCC2=O)c1. The molecular weight excluding hydrogens is 174 g/mol. The van der Waals surface area contributed by atoms with Gasteiger partial charge < -0.3 is 0 Å². The Morgan fingerprint density at radius 3 is 2.93 bits per heavy atom. The number of pyridine rings is 1. The number of carbonyl (C=O) groups is 1. The Balaban J connectivity index is 2.24. The van der Waals surface area contributed by atoms with E-state index in [4.69, 9.17) is 0 Å². The van der Waals surface area contributed by atoms with Crippen molar-refractivity contribution < 1.29 is 4.79 Å². The molecular formula is C12H15NO. The third-order valence-corrected chi connectivity index (χ3v) is 2.85. The number of aryl methyl sites for hydroxylation is 1. The standard InChI is InChI=1S/C12H15NO/c1-9-6-10(8-13-7-9)11-4-2-3-5-12(11)14/h6-8,11H,2-5H2,1H3. The summed E-state index contributed by atoms with van der Waals surface area (Å²) in [5.74, 6) is 0.514. The lowest BCUT2D eigenvalue weighted by atomic mass is 9.83. The lowest BCUT2D eigenvalue weighted by Gasteiger charge is -2.20. The maximum Gasteiger partial charge on any atom is 0.140 e. The van der Waals surface area contributed by atoms with Gasteiger partial charge in [0.2, 0.25) is 0 Å². The third-order valence-electron chi connectivity index (χ3n) is 2.85. The van der Waals surface area contributed by atoms with Crippen molar-refractivity contribution in [1.82, 2.24) is 4.98 Å². The highest BCUT2D eigenvalue weighted by Gasteiger charge is 2.23. The van der Waals surface area contributed by atoms with E-state index in [0.29, 0.717) is 5.78 Å². The molecule has 1 heterocycles. The first-order valence-electron chi connectivity index (χ1n) is 5.21. The van der Waals surface area contributed by atoms with Crippen LogP contribution in [0, 0.1) is 6.92 Å². The molecule has 1 aromatic heterocycles. The minimum Gasteiger partial charge on any atom is -0.299 e. The van der Waals surface area contributed by atoms with Crippen LogP contribution in [0.25, 0.3) is 0 Å². The summed E-state index contributed by atoms with van der Waals surface area (Å²) in [5, 5.41) is 0. The first-order chi connectivity index (χ1) is 6.77. The Morgan fingerprint density at radius 1 is 1.36 bits per heavy atom. The number of hydrogen-bond acceptors (Lipinski definition) is 2. The van der Waals surface area contributed by atoms with Crippen molar-refractivity contribution in [1.29, 1.82) is 0 Å². The van der Waals surface area contributed by atoms with Gasteiger partial charge in [-0.3, -0.25) is 9.78 Å². The normalized spacial score (nSPS) is 22.4. The highest BCUT2D eigenvalue weighted by Crippen LogP contribution is 2.29. The molecule has 0 bridgehead atoms. The summed E-state index contributed by atoms with van der Waals surface area (Å²) in [4.78, 5) is 15.8. The lowest BCUT2D eigenvalue weighted by molar-refractivity contribution is -0.121. The van der Waals surface area contributed by atoms with Crippen molar-refractivity contribution in [2.75, 3.05) is 0 Å². The molecule has 2 rings (SSSR count). The Morgan fingerprint density at radius 2 is 2.21 bits per heavy atom. The van der Waals surface area contributed by atoms with Gasteiger partial charge in [-0.05, 0) is 30.9 Å². The topological polar surface area (TPSA) is 30.0 Å². The van der Waals surface area contributed by atoms with Crippen molar-refractivity contribution in [2.24, 2.45) is 0 Å². The van der Waals surface area contributed by atoms with Crippen LogP contribution in [0.15, 0.2) is 18.5 Å². The second-order valence-electron chi connectivity index (χ2n) is 4.06. The van der Waals surface area contributed by atoms with E-state index in [0.717, 1.165) is 30.4 Å². The molecule has 1 atom stereocenters. The average Bonchev–Trinajstić information content (AvgIpc) is 2.18. The van der Waals surface area contributed by atoms with Crippen molar-refractivity contribution in [3.8, 4) is 0 Å². The van der Waals surface area contributed by atoms with Crippen molar-refractivity contribution >= 4 is 5.78 Å². The van der Waals surface area contributed by atoms with Crippen LogP contribution in [0.4, 0.5) is 0 Å². The lowest BCUT2D eigenvalue weighted by Crippen LogP contribution is -2.17. The van der Waals surface area contributed by atoms with Crippen LogP contribution in [0.1, 0.15) is 42.7 Å². The second-order valence-corrected chi connectivity index (χ2v) is 4.06. The van der Waals surface area contributed by atoms with Crippen molar-refractivity contribution in [2.45, 2.75) is 38.5 Å². The number of ketones is 1. The molecule has 1 aliphatic carbocycles. The Bertz CT molecular complexity index is 346. The third kappa shape index (κ3) is 1.84. The van der Waals surface area contributed by atoms with Crippen LogP contribution in [-0.2, 0) is 4.79 Å². The zero-order chi connectivity index (χ0) is 9.97. The van der Waals surface area contributed by atoms with Crippen LogP contribution >= 0.6 is 0 Å². The molecule has 0 amide bonds. The molecule has 0 aromatic carbocycles. The Kier molecular flexibility index (Phi) is 2.62. The first-order valence-corrected chi connectivity index (χ1v) is 5.21. The average molecular weight is 189 g/mol. The zero-order valence-electron chi connectivity index (χ0n) is 8.49. The van der Waals surface area contributed by atoms with Gasteiger partial charge in [0.05, 0.1) is 0 Å². The Labute approximate surface area is 84.4 Å². The molecule has 1 saturated carbocycles. The minimum absolute atomic E-state index is 0.121. The van der Waals surface area contributed by atoms with Gasteiger partial charge in [0, 0.05) is 24.7 Å². The highest BCUT2D eigenvalue weighted by molar-refractivity contribution is 5.86. The van der Waals surface area contributed by atoms with Gasteiger partial charge in [-0.2, -0.15) is 0 Å². The van der Waals surface area contributed by atoms with Gasteiger partial charge >= 0.3 is 0 Å². The van der Waals surface area contributed by atoms with E-state index in [2.05, 4.69) is 11.1 Å². The molecule has 0 spiro atoms. The summed E-state index contributed by atoms with van der Waals surface area (Å²) in [6.45, 7) is 2.02. The Hall–Kier alpha value is -1.18. The van der Waals surface area contributed by atoms with E-state index >= 15 is 0 Å². The summed E-state index contributed by atoms with van der Waals surface area (Å²) in [6.07, 6.45) is 7.65. The maximum atomic E-state index is 11.7. The number of Topliss-reactive ketones (excluding diaryl/α,β-unsaturated/α-hetero) is 1. The number of nitrogens with zero attached hydrogens (tertiary/aromatic N) is 1. The van der Waals surface area contributed by atoms with Gasteiger partial charge in [0.15, 0.2) is 0 Å². The molecule has 1 unspecified atom stereocenters. The summed E-state index contributed by atoms with van der Waals surface area (Å²) < 4.78 is 0. The highest BCUT2D eigenvalue weighted by atomic mass is 16.1. The largest absolute Gasteiger partial charge is 0.299 e. The minimum atomic E-state index is 0.121. The molecule has 14 heavy (non-hydrogen) atoms. The fourth-order valence-electron chi connectivity index (χ4n) is 2.10. The van der Waals surface area contributed by atoms with Crippen LogP contribution in [0.3, 0.4) is 0 Å². The number of aromatic nitrogens is 1. The predicted molar refractivity (Wildman–Crippen MR) is 55.2 cm³/mol. The first kappa shape index (κ1) is 9.38. The molecule has 2 nitrogen and oxygen atoms in total. The molecule has 1 fully saturated rings. The molecule has 1 aliphatic rings. The monoisotopic (exact) mass is 189 g/mol. The van der Waals surface area contributed by atoms with E-state index in [1.807, 2.05) is 19.3 Å². The predicted octanol–water partition coefficient (Wildman–Crippen LogP) is 2.62. The van der Waals surface area contributed by atoms with Gasteiger partial charge in [-0.15, -0.1) is 0 Å². The van der Waals surface area contributed by atoms with Crippen molar-refractivity contribution in [3.05, 3.63) is 29.6 Å². The fourth-order valence-corrected chi connectivity index (χ4v) is 2.10. The van der Waals surface area contributed by atoms with E-state index in [1.54, 1.807) is 0 Å². The molecule has 0 N–H and O–H groups in total. The van der Waals surface area contributed by atoms with E-state index in [9.17, 15) is 4.79 Å². The van der Waals surface area contributed by atoms with E-state index < -0.39 is 0 Å². The number of hydrogen-bond donors (Lipinski definition) is 0. The molecule has 0 radical (unpaired) electrons. The molecule has 2 heteroatoms. The number of rotatable bonds is 1. The van der Waals surface area contributed by atoms with E-state index in [1.165, 1.54) is 6.42 Å². The fraction of sp³-hybridized carbons (Fsp3) is 0.500. The molecule has 0 aliphatic heterocycles. The summed E-state index contributed by atoms with van der Waals surface area (Å²) in [6, 6.07) is 2.08. The van der Waals surface area contributed by atoms with Gasteiger partial charge in [0.1, 0.15) is 5.78 Å². The molecule has 0 saturated heterocycles. The van der Waals surface area contributed by atoms with Crippen molar-refractivity contribution in [3.63, 3.8) is 0 Å². The zero-order valence-corrected chi connectivity index (χ0v) is 8.49. The van der Waals surface area contributed by atoms with Gasteiger partial charge in [-0.25, -0.2) is 0 Å². The van der Waals surface area contributed by atoms with Crippen LogP contribution in [-0.4, -0.2) is 10.8 Å². The molecule has 74 valence electrons. The van der Waals surface area contributed by atoms with Crippen LogP contribution < -0.4 is 0 Å². The smallest absolute Gasteiger partial charge is 0.140 e. The van der Waals surface area contributed by atoms with E-state index in [-0.39, 0.29) is 5.92 Å². The summed E-state index contributed by atoms with van der Waals surface area (Å²) >= 11 is 0. The summed E-state index contributed by atoms with van der Waals surface area (Å²) in [7, 11) is 0. The maximum absolute atomic E-state index is 11.7. The molecule has 1 aromatic rings. The van der Waals surface area contributed by atoms with Crippen LogP contribution in [0.2, 0.25) is 0 Å². The van der Waals surface area contributed by atoms with Gasteiger partial charge in [0.25, 0.3) is 0 Å². The quantitative estimate of drug-likeness (QED) is 0.679. The summed E-state index contributed by atoms with van der Waals surface area (Å²) in [5.41, 5.74) is 2.25. The van der Waals surface area contributed by atoms with Crippen LogP contribution in [0.5, 0.6) is 0 Å². The van der Waals surface area contributed by atoms with Gasteiger partial charge in [-0.1, -0.05) is 12.5 Å². The second kappa shape index (κ2) is 3.91.